The van der Waals surface area contributed by atoms with E-state index in [2.05, 4.69) is 5.32 Å². The normalized spacial score (nSPS) is 14.1. The maximum atomic E-state index is 14.2. The fourth-order valence-electron chi connectivity index (χ4n) is 4.43. The van der Waals surface area contributed by atoms with Crippen LogP contribution in [0.2, 0.25) is 10.0 Å². The number of amides is 1. The topological polar surface area (TPSA) is 75.7 Å². The van der Waals surface area contributed by atoms with Gasteiger partial charge in [0.25, 0.3) is 15.9 Å². The number of carbonyl (C=O) groups is 1. The van der Waals surface area contributed by atoms with Crippen molar-refractivity contribution in [3.63, 3.8) is 0 Å². The predicted molar refractivity (Wildman–Crippen MR) is 155 cm³/mol. The first-order valence-corrected chi connectivity index (χ1v) is 14.4. The van der Waals surface area contributed by atoms with Crippen molar-refractivity contribution < 1.29 is 17.9 Å². The zero-order valence-electron chi connectivity index (χ0n) is 20.7. The van der Waals surface area contributed by atoms with Crippen molar-refractivity contribution in [2.75, 3.05) is 17.5 Å². The molecule has 0 bridgehead atoms. The Bertz CT molecular complexity index is 1640. The highest BCUT2D eigenvalue weighted by atomic mass is 35.5. The van der Waals surface area contributed by atoms with E-state index in [0.29, 0.717) is 38.2 Å². The van der Waals surface area contributed by atoms with Gasteiger partial charge in [0.1, 0.15) is 12.4 Å². The molecule has 0 saturated heterocycles. The number of ether oxygens (including phenoxy) is 1. The van der Waals surface area contributed by atoms with Crippen LogP contribution in [0.1, 0.15) is 16.7 Å². The monoisotopic (exact) mass is 578 g/mol. The summed E-state index contributed by atoms with van der Waals surface area (Å²) in [7, 11) is -4.29. The third-order valence-electron chi connectivity index (χ3n) is 6.19. The van der Waals surface area contributed by atoms with Crippen molar-refractivity contribution in [3.8, 4) is 5.75 Å². The van der Waals surface area contributed by atoms with E-state index in [0.717, 1.165) is 5.56 Å². The fourth-order valence-corrected chi connectivity index (χ4v) is 6.54. The molecule has 0 aliphatic carbocycles. The van der Waals surface area contributed by atoms with Gasteiger partial charge in [-0.25, -0.2) is 8.42 Å². The Kier molecular flexibility index (Phi) is 7.93. The van der Waals surface area contributed by atoms with Gasteiger partial charge >= 0.3 is 0 Å². The van der Waals surface area contributed by atoms with Gasteiger partial charge in [-0.15, -0.1) is 0 Å². The minimum Gasteiger partial charge on any atom is -0.490 e. The number of hydrogen-bond acceptors (Lipinski definition) is 4. The van der Waals surface area contributed by atoms with E-state index >= 15 is 0 Å². The van der Waals surface area contributed by atoms with Crippen LogP contribution in [0.15, 0.2) is 108 Å². The molecule has 1 amide bonds. The number of benzene rings is 4. The molecular formula is C30H24Cl2N2O4S. The van der Waals surface area contributed by atoms with Crippen LogP contribution in [0.4, 0.5) is 5.69 Å². The molecule has 0 fully saturated rings. The molecule has 1 N–H and O–H groups in total. The van der Waals surface area contributed by atoms with Gasteiger partial charge in [0.2, 0.25) is 0 Å². The number of carbonyl (C=O) groups excluding carboxylic acids is 1. The summed E-state index contributed by atoms with van der Waals surface area (Å²) < 4.78 is 35.4. The molecule has 0 spiro atoms. The smallest absolute Gasteiger partial charge is 0.270 e. The summed E-state index contributed by atoms with van der Waals surface area (Å²) in [5, 5.41) is 3.59. The molecule has 0 saturated carbocycles. The second kappa shape index (κ2) is 11.5. The maximum absolute atomic E-state index is 14.2. The van der Waals surface area contributed by atoms with Crippen molar-refractivity contribution in [1.29, 1.82) is 0 Å². The molecule has 1 aliphatic heterocycles. The summed E-state index contributed by atoms with van der Waals surface area (Å²) in [6.07, 6.45) is 0. The maximum Gasteiger partial charge on any atom is 0.270 e. The van der Waals surface area contributed by atoms with Gasteiger partial charge in [-0.1, -0.05) is 96.0 Å². The first kappa shape index (κ1) is 26.8. The molecule has 0 unspecified atom stereocenters. The number of halogens is 2. The predicted octanol–water partition coefficient (Wildman–Crippen LogP) is 6.30. The lowest BCUT2D eigenvalue weighted by Crippen LogP contribution is -2.42. The van der Waals surface area contributed by atoms with Crippen LogP contribution in [-0.4, -0.2) is 27.5 Å². The second-order valence-electron chi connectivity index (χ2n) is 8.76. The highest BCUT2D eigenvalue weighted by Gasteiger charge is 2.41. The third kappa shape index (κ3) is 5.66. The Morgan fingerprint density at radius 3 is 2.23 bits per heavy atom. The molecule has 4 aromatic carbocycles. The van der Waals surface area contributed by atoms with Crippen LogP contribution in [-0.2, 0) is 21.4 Å². The molecule has 39 heavy (non-hydrogen) atoms. The third-order valence-corrected chi connectivity index (χ3v) is 8.55. The number of anilines is 1. The van der Waals surface area contributed by atoms with E-state index in [4.69, 9.17) is 27.9 Å². The van der Waals surface area contributed by atoms with Crippen molar-refractivity contribution >= 4 is 50.4 Å². The standard InChI is InChI=1S/C30H24Cl2N2O4S/c31-23-15-16-26-24(19-23)28(22-11-5-2-6-12-22)29(39(36,37)34(26)20-21-9-3-1-4-10-21)30(35)33-17-18-38-27-14-8-7-13-25(27)32/h1-16,19H,17-18,20H2,(H,33,35). The number of nitrogens with one attached hydrogen (secondary N) is 1. The lowest BCUT2D eigenvalue weighted by molar-refractivity contribution is -0.116. The minimum absolute atomic E-state index is 0.0479. The second-order valence-corrected chi connectivity index (χ2v) is 11.4. The molecule has 0 aromatic heterocycles. The van der Waals surface area contributed by atoms with E-state index in [1.807, 2.05) is 36.4 Å². The van der Waals surface area contributed by atoms with E-state index in [1.54, 1.807) is 66.7 Å². The summed E-state index contributed by atoms with van der Waals surface area (Å²) in [4.78, 5) is 13.3. The van der Waals surface area contributed by atoms with Gasteiger partial charge < -0.3 is 10.1 Å². The average Bonchev–Trinajstić information content (AvgIpc) is 2.94. The minimum atomic E-state index is -4.29. The molecular weight excluding hydrogens is 555 g/mol. The lowest BCUT2D eigenvalue weighted by atomic mass is 9.95. The Morgan fingerprint density at radius 1 is 0.846 bits per heavy atom. The van der Waals surface area contributed by atoms with Crippen molar-refractivity contribution in [1.82, 2.24) is 5.32 Å². The number of para-hydroxylation sites is 1. The first-order chi connectivity index (χ1) is 18.9. The molecule has 6 nitrogen and oxygen atoms in total. The Labute approximate surface area is 237 Å². The average molecular weight is 580 g/mol. The summed E-state index contributed by atoms with van der Waals surface area (Å²) in [5.41, 5.74) is 2.65. The lowest BCUT2D eigenvalue weighted by Gasteiger charge is -2.33. The van der Waals surface area contributed by atoms with Gasteiger partial charge in [-0.3, -0.25) is 9.10 Å². The van der Waals surface area contributed by atoms with Crippen LogP contribution in [0, 0.1) is 0 Å². The summed E-state index contributed by atoms with van der Waals surface area (Å²) in [5.74, 6) is -0.263. The van der Waals surface area contributed by atoms with Gasteiger partial charge in [-0.2, -0.15) is 0 Å². The van der Waals surface area contributed by atoms with Crippen LogP contribution in [0.5, 0.6) is 5.75 Å². The molecule has 1 heterocycles. The van der Waals surface area contributed by atoms with Crippen molar-refractivity contribution in [2.24, 2.45) is 0 Å². The van der Waals surface area contributed by atoms with E-state index in [1.165, 1.54) is 4.31 Å². The van der Waals surface area contributed by atoms with Crippen LogP contribution in [0.3, 0.4) is 0 Å². The van der Waals surface area contributed by atoms with E-state index in [-0.39, 0.29) is 24.6 Å². The Balaban J connectivity index is 1.56. The molecule has 9 heteroatoms. The number of nitrogens with zero attached hydrogens (tertiary/aromatic N) is 1. The number of hydrogen-bond donors (Lipinski definition) is 1. The molecule has 1 aliphatic rings. The number of sulfonamides is 1. The van der Waals surface area contributed by atoms with Crippen molar-refractivity contribution in [2.45, 2.75) is 6.54 Å². The number of rotatable bonds is 8. The highest BCUT2D eigenvalue weighted by Crippen LogP contribution is 2.44. The summed E-state index contributed by atoms with van der Waals surface area (Å²) >= 11 is 12.5. The SMILES string of the molecule is O=C(NCCOc1ccccc1Cl)C1=C(c2ccccc2)c2cc(Cl)ccc2N(Cc2ccccc2)S1(=O)=O. The zero-order valence-corrected chi connectivity index (χ0v) is 23.0. The quantitative estimate of drug-likeness (QED) is 0.249. The van der Waals surface area contributed by atoms with Gasteiger partial charge in [0.05, 0.1) is 23.8 Å². The largest absolute Gasteiger partial charge is 0.490 e. The number of fused-ring (bicyclic) bond motifs is 1. The van der Waals surface area contributed by atoms with E-state index in [9.17, 15) is 13.2 Å². The first-order valence-electron chi connectivity index (χ1n) is 12.2. The molecule has 198 valence electrons. The van der Waals surface area contributed by atoms with Gasteiger partial charge in [0.15, 0.2) is 4.91 Å². The van der Waals surface area contributed by atoms with Gasteiger partial charge in [-0.05, 0) is 41.5 Å². The highest BCUT2D eigenvalue weighted by molar-refractivity contribution is 7.97. The van der Waals surface area contributed by atoms with E-state index < -0.39 is 15.9 Å². The summed E-state index contributed by atoms with van der Waals surface area (Å²) in [6, 6.07) is 30.2. The Morgan fingerprint density at radius 2 is 1.51 bits per heavy atom. The van der Waals surface area contributed by atoms with Crippen LogP contribution >= 0.6 is 23.2 Å². The Hall–Kier alpha value is -3.78. The zero-order chi connectivity index (χ0) is 27.4. The van der Waals surface area contributed by atoms with Crippen molar-refractivity contribution in [3.05, 3.63) is 135 Å². The van der Waals surface area contributed by atoms with Gasteiger partial charge in [0, 0.05) is 16.2 Å². The van der Waals surface area contributed by atoms with Crippen LogP contribution in [0.25, 0.3) is 5.57 Å². The summed E-state index contributed by atoms with van der Waals surface area (Å²) in [6.45, 7) is 0.206. The molecule has 0 radical (unpaired) electrons. The van der Waals surface area contributed by atoms with Crippen LogP contribution < -0.4 is 14.4 Å². The molecule has 5 rings (SSSR count). The fraction of sp³-hybridized carbons (Fsp3) is 0.100. The molecule has 0 atom stereocenters. The molecule has 4 aromatic rings.